The Morgan fingerprint density at radius 3 is 2.74 bits per heavy atom. The largest absolute Gasteiger partial charge is 0.341 e. The van der Waals surface area contributed by atoms with Crippen molar-refractivity contribution in [3.05, 3.63) is 52.5 Å². The molecule has 5 heteroatoms. The van der Waals surface area contributed by atoms with Crippen LogP contribution in [-0.4, -0.2) is 10.5 Å². The smallest absolute Gasteiger partial charge is 0.272 e. The number of nitrogens with zero attached hydrogens (tertiary/aromatic N) is 1. The van der Waals surface area contributed by atoms with Crippen LogP contribution >= 0.6 is 15.9 Å². The van der Waals surface area contributed by atoms with Crippen LogP contribution in [0.25, 0.3) is 0 Å². The van der Waals surface area contributed by atoms with Crippen molar-refractivity contribution in [2.45, 2.75) is 19.9 Å². The van der Waals surface area contributed by atoms with Gasteiger partial charge in [-0.15, -0.1) is 0 Å². The predicted octanol–water partition coefficient (Wildman–Crippen LogP) is 4.22. The fraction of sp³-hybridized carbons (Fsp3) is 0.214. The molecule has 1 aromatic heterocycles. The van der Waals surface area contributed by atoms with Crippen molar-refractivity contribution in [1.29, 1.82) is 0 Å². The minimum absolute atomic E-state index is 0.204. The SMILES string of the molecule is CC(C)n1cccc1C(=O)Nc1ccc(F)c(Br)c1. The first-order valence-corrected chi connectivity index (χ1v) is 6.71. The molecule has 0 bridgehead atoms. The van der Waals surface area contributed by atoms with Gasteiger partial charge in [-0.25, -0.2) is 4.39 Å². The molecule has 0 fully saturated rings. The van der Waals surface area contributed by atoms with E-state index in [1.165, 1.54) is 18.2 Å². The summed E-state index contributed by atoms with van der Waals surface area (Å²) in [6.07, 6.45) is 1.86. The fourth-order valence-corrected chi connectivity index (χ4v) is 2.18. The lowest BCUT2D eigenvalue weighted by atomic mass is 10.3. The highest BCUT2D eigenvalue weighted by atomic mass is 79.9. The molecular formula is C14H14BrFN2O. The van der Waals surface area contributed by atoms with Crippen LogP contribution in [0.3, 0.4) is 0 Å². The molecular weight excluding hydrogens is 311 g/mol. The first-order chi connectivity index (χ1) is 8.99. The lowest BCUT2D eigenvalue weighted by Crippen LogP contribution is -2.17. The van der Waals surface area contributed by atoms with E-state index >= 15 is 0 Å². The molecule has 0 aliphatic rings. The second-order valence-corrected chi connectivity index (χ2v) is 5.33. The Balaban J connectivity index is 2.21. The average Bonchev–Trinajstić information content (AvgIpc) is 2.83. The normalized spacial score (nSPS) is 10.8. The number of hydrogen-bond acceptors (Lipinski definition) is 1. The zero-order valence-corrected chi connectivity index (χ0v) is 12.2. The zero-order chi connectivity index (χ0) is 14.0. The second kappa shape index (κ2) is 5.57. The third-order valence-electron chi connectivity index (χ3n) is 2.75. The number of hydrogen-bond donors (Lipinski definition) is 1. The molecule has 100 valence electrons. The molecule has 2 aromatic rings. The van der Waals surface area contributed by atoms with E-state index in [0.717, 1.165) is 0 Å². The van der Waals surface area contributed by atoms with Gasteiger partial charge in [0, 0.05) is 17.9 Å². The van der Waals surface area contributed by atoms with Crippen molar-refractivity contribution in [3.8, 4) is 0 Å². The molecule has 1 amide bonds. The number of nitrogens with one attached hydrogen (secondary N) is 1. The first-order valence-electron chi connectivity index (χ1n) is 5.92. The number of benzene rings is 1. The van der Waals surface area contributed by atoms with Gasteiger partial charge in [0.05, 0.1) is 4.47 Å². The van der Waals surface area contributed by atoms with Crippen molar-refractivity contribution < 1.29 is 9.18 Å². The molecule has 0 spiro atoms. The Labute approximate surface area is 119 Å². The van der Waals surface area contributed by atoms with Gasteiger partial charge in [0.1, 0.15) is 11.5 Å². The van der Waals surface area contributed by atoms with Crippen LogP contribution < -0.4 is 5.32 Å². The van der Waals surface area contributed by atoms with Crippen molar-refractivity contribution in [3.63, 3.8) is 0 Å². The topological polar surface area (TPSA) is 34.0 Å². The maximum atomic E-state index is 13.1. The van der Waals surface area contributed by atoms with Crippen LogP contribution in [0.2, 0.25) is 0 Å². The van der Waals surface area contributed by atoms with Crippen molar-refractivity contribution in [1.82, 2.24) is 4.57 Å². The molecule has 0 aliphatic heterocycles. The molecule has 1 N–H and O–H groups in total. The summed E-state index contributed by atoms with van der Waals surface area (Å²) >= 11 is 3.09. The Morgan fingerprint density at radius 1 is 1.37 bits per heavy atom. The average molecular weight is 325 g/mol. The van der Waals surface area contributed by atoms with Crippen LogP contribution in [0, 0.1) is 5.82 Å². The molecule has 0 aliphatic carbocycles. The van der Waals surface area contributed by atoms with Gasteiger partial charge in [0.15, 0.2) is 0 Å². The minimum Gasteiger partial charge on any atom is -0.341 e. The predicted molar refractivity (Wildman–Crippen MR) is 76.9 cm³/mol. The van der Waals surface area contributed by atoms with Crippen molar-refractivity contribution in [2.75, 3.05) is 5.32 Å². The van der Waals surface area contributed by atoms with Gasteiger partial charge in [-0.05, 0) is 60.1 Å². The van der Waals surface area contributed by atoms with Crippen LogP contribution in [0.15, 0.2) is 41.0 Å². The third-order valence-corrected chi connectivity index (χ3v) is 3.35. The Morgan fingerprint density at radius 2 is 2.11 bits per heavy atom. The highest BCUT2D eigenvalue weighted by molar-refractivity contribution is 9.10. The van der Waals surface area contributed by atoms with E-state index in [1.54, 1.807) is 6.07 Å². The van der Waals surface area contributed by atoms with E-state index in [4.69, 9.17) is 0 Å². The third kappa shape index (κ3) is 3.04. The lowest BCUT2D eigenvalue weighted by Gasteiger charge is -2.13. The quantitative estimate of drug-likeness (QED) is 0.901. The Hall–Kier alpha value is -1.62. The number of amides is 1. The van der Waals surface area contributed by atoms with Gasteiger partial charge in [0.2, 0.25) is 0 Å². The summed E-state index contributed by atoms with van der Waals surface area (Å²) in [6, 6.07) is 8.16. The number of carbonyl (C=O) groups is 1. The van der Waals surface area contributed by atoms with E-state index in [1.807, 2.05) is 30.7 Å². The Kier molecular flexibility index (Phi) is 4.04. The monoisotopic (exact) mass is 324 g/mol. The van der Waals surface area contributed by atoms with E-state index in [2.05, 4.69) is 21.2 Å². The standard InChI is InChI=1S/C14H14BrFN2O/c1-9(2)18-7-3-4-13(18)14(19)17-10-5-6-12(16)11(15)8-10/h3-9H,1-2H3,(H,17,19). The van der Waals surface area contributed by atoms with Gasteiger partial charge in [-0.3, -0.25) is 4.79 Å². The molecule has 0 unspecified atom stereocenters. The van der Waals surface area contributed by atoms with Gasteiger partial charge in [0.25, 0.3) is 5.91 Å². The summed E-state index contributed by atoms with van der Waals surface area (Å²) in [7, 11) is 0. The van der Waals surface area contributed by atoms with E-state index in [0.29, 0.717) is 15.9 Å². The highest BCUT2D eigenvalue weighted by Crippen LogP contribution is 2.21. The maximum Gasteiger partial charge on any atom is 0.272 e. The van der Waals surface area contributed by atoms with Crippen LogP contribution in [0.1, 0.15) is 30.4 Å². The molecule has 0 saturated heterocycles. The summed E-state index contributed by atoms with van der Waals surface area (Å²) < 4.78 is 15.3. The van der Waals surface area contributed by atoms with Crippen molar-refractivity contribution in [2.24, 2.45) is 0 Å². The molecule has 19 heavy (non-hydrogen) atoms. The van der Waals surface area contributed by atoms with Gasteiger partial charge < -0.3 is 9.88 Å². The highest BCUT2D eigenvalue weighted by Gasteiger charge is 2.13. The number of anilines is 1. The summed E-state index contributed by atoms with van der Waals surface area (Å²) in [5.41, 5.74) is 1.13. The van der Waals surface area contributed by atoms with Crippen LogP contribution in [0.4, 0.5) is 10.1 Å². The summed E-state index contributed by atoms with van der Waals surface area (Å²) in [5, 5.41) is 2.75. The summed E-state index contributed by atoms with van der Waals surface area (Å²) in [5.74, 6) is -0.569. The van der Waals surface area contributed by atoms with E-state index in [-0.39, 0.29) is 17.8 Å². The van der Waals surface area contributed by atoms with Gasteiger partial charge in [-0.1, -0.05) is 0 Å². The molecule has 2 rings (SSSR count). The summed E-state index contributed by atoms with van der Waals surface area (Å²) in [4.78, 5) is 12.2. The lowest BCUT2D eigenvalue weighted by molar-refractivity contribution is 0.101. The molecule has 0 saturated carbocycles. The van der Waals surface area contributed by atoms with E-state index < -0.39 is 0 Å². The van der Waals surface area contributed by atoms with Crippen molar-refractivity contribution >= 4 is 27.5 Å². The zero-order valence-electron chi connectivity index (χ0n) is 10.7. The number of aromatic nitrogens is 1. The molecule has 0 atom stereocenters. The van der Waals surface area contributed by atoms with Gasteiger partial charge in [-0.2, -0.15) is 0 Å². The second-order valence-electron chi connectivity index (χ2n) is 4.48. The molecule has 3 nitrogen and oxygen atoms in total. The minimum atomic E-state index is -0.358. The number of halogens is 2. The molecule has 1 aromatic carbocycles. The fourth-order valence-electron chi connectivity index (χ4n) is 1.81. The summed E-state index contributed by atoms with van der Waals surface area (Å²) in [6.45, 7) is 4.01. The molecule has 1 heterocycles. The number of carbonyl (C=O) groups excluding carboxylic acids is 1. The van der Waals surface area contributed by atoms with E-state index in [9.17, 15) is 9.18 Å². The first kappa shape index (κ1) is 13.8. The number of rotatable bonds is 3. The van der Waals surface area contributed by atoms with Crippen LogP contribution in [0.5, 0.6) is 0 Å². The van der Waals surface area contributed by atoms with Gasteiger partial charge >= 0.3 is 0 Å². The maximum absolute atomic E-state index is 13.1. The molecule has 0 radical (unpaired) electrons. The Bertz CT molecular complexity index is 607. The van der Waals surface area contributed by atoms with Crippen LogP contribution in [-0.2, 0) is 0 Å².